The number of carbonyl (C=O) groups is 1. The maximum absolute atomic E-state index is 13.3. The maximum Gasteiger partial charge on any atom is 0.260 e. The van der Waals surface area contributed by atoms with Crippen LogP contribution >= 0.6 is 0 Å². The molecule has 1 aliphatic rings. The predicted molar refractivity (Wildman–Crippen MR) is 64.6 cm³/mol. The molecule has 3 rings (SSSR count). The molecule has 0 aliphatic carbocycles. The maximum atomic E-state index is 13.3. The fraction of sp³-hybridized carbons (Fsp3) is 0.0769. The fourth-order valence-corrected chi connectivity index (χ4v) is 1.98. The quantitative estimate of drug-likeness (QED) is 0.810. The van der Waals surface area contributed by atoms with Gasteiger partial charge in [-0.25, -0.2) is 9.82 Å². The third kappa shape index (κ3) is 1.79. The Morgan fingerprint density at radius 1 is 1.28 bits per heavy atom. The summed E-state index contributed by atoms with van der Waals surface area (Å²) in [6.07, 6.45) is 1.80. The fourth-order valence-electron chi connectivity index (χ4n) is 1.98. The highest BCUT2D eigenvalue weighted by Crippen LogP contribution is 2.14. The zero-order valence-electron chi connectivity index (χ0n) is 9.43. The molecule has 1 N–H and O–H groups in total. The summed E-state index contributed by atoms with van der Waals surface area (Å²) < 4.78 is 15.0. The van der Waals surface area contributed by atoms with E-state index in [0.717, 1.165) is 5.69 Å². The van der Waals surface area contributed by atoms with Crippen molar-refractivity contribution in [1.29, 1.82) is 0 Å². The van der Waals surface area contributed by atoms with Gasteiger partial charge in [-0.2, -0.15) is 5.10 Å². The second-order valence-electron chi connectivity index (χ2n) is 4.03. The molecule has 0 atom stereocenters. The Morgan fingerprint density at radius 2 is 2.17 bits per heavy atom. The van der Waals surface area contributed by atoms with Gasteiger partial charge in [0.05, 0.1) is 5.69 Å². The first kappa shape index (κ1) is 10.7. The van der Waals surface area contributed by atoms with E-state index in [-0.39, 0.29) is 18.3 Å². The van der Waals surface area contributed by atoms with Gasteiger partial charge in [0.25, 0.3) is 5.91 Å². The average molecular weight is 243 g/mol. The van der Waals surface area contributed by atoms with Crippen LogP contribution in [0, 0.1) is 5.82 Å². The monoisotopic (exact) mass is 243 g/mol. The number of benzene rings is 1. The highest BCUT2D eigenvalue weighted by atomic mass is 19.1. The molecule has 2 aromatic rings. The van der Waals surface area contributed by atoms with E-state index < -0.39 is 0 Å². The zero-order chi connectivity index (χ0) is 12.5. The molecule has 1 aromatic carbocycles. The Labute approximate surface area is 103 Å². The van der Waals surface area contributed by atoms with Crippen molar-refractivity contribution in [2.24, 2.45) is 5.10 Å². The first-order chi connectivity index (χ1) is 8.74. The molecule has 0 spiro atoms. The molecule has 0 radical (unpaired) electrons. The van der Waals surface area contributed by atoms with Crippen LogP contribution in [0.25, 0.3) is 0 Å². The van der Waals surface area contributed by atoms with Crippen LogP contribution < -0.4 is 5.43 Å². The summed E-state index contributed by atoms with van der Waals surface area (Å²) in [5, 5.41) is 4.06. The Morgan fingerprint density at radius 3 is 3.00 bits per heavy atom. The number of hydrogen-bond acceptors (Lipinski definition) is 2. The number of hydrazone groups is 1. The molecule has 2 heterocycles. The van der Waals surface area contributed by atoms with E-state index in [1.807, 2.05) is 12.1 Å². The van der Waals surface area contributed by atoms with E-state index in [4.69, 9.17) is 0 Å². The molecule has 0 bridgehead atoms. The van der Waals surface area contributed by atoms with Crippen molar-refractivity contribution in [3.05, 3.63) is 59.7 Å². The largest absolute Gasteiger partial charge is 0.337 e. The van der Waals surface area contributed by atoms with Crippen LogP contribution in [0.3, 0.4) is 0 Å². The smallest absolute Gasteiger partial charge is 0.260 e. The standard InChI is InChI=1S/C13H10FN3O/c14-10-4-1-3-9(7-10)13-11-5-2-6-17(11)8-12(18)15-16-13/h1-7H,8H2,(H,15,18). The number of nitrogens with zero attached hydrogens (tertiary/aromatic N) is 2. The first-order valence-corrected chi connectivity index (χ1v) is 5.52. The van der Waals surface area contributed by atoms with Gasteiger partial charge in [0.2, 0.25) is 0 Å². The normalized spacial score (nSPS) is 14.5. The lowest BCUT2D eigenvalue weighted by molar-refractivity contribution is -0.121. The van der Waals surface area contributed by atoms with Crippen LogP contribution in [0.1, 0.15) is 11.3 Å². The number of rotatable bonds is 1. The van der Waals surface area contributed by atoms with E-state index >= 15 is 0 Å². The number of halogens is 1. The number of carbonyl (C=O) groups excluding carboxylic acids is 1. The van der Waals surface area contributed by atoms with E-state index in [0.29, 0.717) is 11.3 Å². The molecule has 4 nitrogen and oxygen atoms in total. The van der Waals surface area contributed by atoms with Gasteiger partial charge in [0, 0.05) is 11.8 Å². The van der Waals surface area contributed by atoms with Crippen molar-refractivity contribution in [2.75, 3.05) is 0 Å². The lowest BCUT2D eigenvalue weighted by atomic mass is 10.1. The minimum atomic E-state index is -0.330. The van der Waals surface area contributed by atoms with Gasteiger partial charge in [-0.3, -0.25) is 4.79 Å². The highest BCUT2D eigenvalue weighted by molar-refractivity contribution is 6.12. The average Bonchev–Trinajstić information content (AvgIpc) is 2.72. The molecule has 1 aliphatic heterocycles. The Hall–Kier alpha value is -2.43. The van der Waals surface area contributed by atoms with Crippen molar-refractivity contribution < 1.29 is 9.18 Å². The van der Waals surface area contributed by atoms with Gasteiger partial charge in [-0.1, -0.05) is 12.1 Å². The zero-order valence-corrected chi connectivity index (χ0v) is 9.43. The van der Waals surface area contributed by atoms with Crippen molar-refractivity contribution in [3.8, 4) is 0 Å². The minimum Gasteiger partial charge on any atom is -0.337 e. The second-order valence-corrected chi connectivity index (χ2v) is 4.03. The molecule has 18 heavy (non-hydrogen) atoms. The summed E-state index contributed by atoms with van der Waals surface area (Å²) in [6.45, 7) is 0.213. The Bertz CT molecular complexity index is 645. The molecule has 0 saturated heterocycles. The molecule has 0 unspecified atom stereocenters. The summed E-state index contributed by atoms with van der Waals surface area (Å²) in [5.41, 5.74) is 4.44. The molecular weight excluding hydrogens is 233 g/mol. The molecule has 0 fully saturated rings. The summed E-state index contributed by atoms with van der Waals surface area (Å²) in [6, 6.07) is 9.84. The van der Waals surface area contributed by atoms with Crippen LogP contribution in [-0.2, 0) is 11.3 Å². The third-order valence-electron chi connectivity index (χ3n) is 2.78. The first-order valence-electron chi connectivity index (χ1n) is 5.52. The molecule has 1 aromatic heterocycles. The number of fused-ring (bicyclic) bond motifs is 1. The van der Waals surface area contributed by atoms with E-state index in [9.17, 15) is 9.18 Å². The van der Waals surface area contributed by atoms with Crippen molar-refractivity contribution in [2.45, 2.75) is 6.54 Å². The summed E-state index contributed by atoms with van der Waals surface area (Å²) in [4.78, 5) is 11.5. The number of hydrogen-bond donors (Lipinski definition) is 1. The van der Waals surface area contributed by atoms with Crippen LogP contribution in [0.5, 0.6) is 0 Å². The van der Waals surface area contributed by atoms with Crippen molar-refractivity contribution >= 4 is 11.6 Å². The van der Waals surface area contributed by atoms with E-state index in [1.165, 1.54) is 12.1 Å². The van der Waals surface area contributed by atoms with E-state index in [1.54, 1.807) is 22.9 Å². The third-order valence-corrected chi connectivity index (χ3v) is 2.78. The molecule has 0 saturated carbocycles. The molecule has 5 heteroatoms. The SMILES string of the molecule is O=C1Cn2cccc2C(c2cccc(F)c2)=NN1. The summed E-state index contributed by atoms with van der Waals surface area (Å²) >= 11 is 0. The van der Waals surface area contributed by atoms with Gasteiger partial charge in [-0.15, -0.1) is 0 Å². The van der Waals surface area contributed by atoms with Gasteiger partial charge >= 0.3 is 0 Å². The summed E-state index contributed by atoms with van der Waals surface area (Å²) in [7, 11) is 0. The number of aromatic nitrogens is 1. The number of amides is 1. The molecule has 1 amide bonds. The van der Waals surface area contributed by atoms with Crippen LogP contribution in [-0.4, -0.2) is 16.2 Å². The minimum absolute atomic E-state index is 0.196. The Balaban J connectivity index is 2.15. The highest BCUT2D eigenvalue weighted by Gasteiger charge is 2.17. The lowest BCUT2D eigenvalue weighted by Gasteiger charge is -2.06. The van der Waals surface area contributed by atoms with Gasteiger partial charge in [0.15, 0.2) is 0 Å². The van der Waals surface area contributed by atoms with Gasteiger partial charge < -0.3 is 4.57 Å². The van der Waals surface area contributed by atoms with Crippen LogP contribution in [0.15, 0.2) is 47.7 Å². The predicted octanol–water partition coefficient (Wildman–Crippen LogP) is 1.51. The molecular formula is C13H10FN3O. The summed E-state index contributed by atoms with van der Waals surface area (Å²) in [5.74, 6) is -0.525. The topological polar surface area (TPSA) is 46.4 Å². The number of nitrogens with one attached hydrogen (secondary N) is 1. The second kappa shape index (κ2) is 4.10. The van der Waals surface area contributed by atoms with Crippen molar-refractivity contribution in [1.82, 2.24) is 9.99 Å². The lowest BCUT2D eigenvalue weighted by Crippen LogP contribution is -2.20. The van der Waals surface area contributed by atoms with Gasteiger partial charge in [0.1, 0.15) is 18.1 Å². The van der Waals surface area contributed by atoms with Crippen LogP contribution in [0.4, 0.5) is 4.39 Å². The van der Waals surface area contributed by atoms with Crippen LogP contribution in [0.2, 0.25) is 0 Å². The van der Waals surface area contributed by atoms with Crippen molar-refractivity contribution in [3.63, 3.8) is 0 Å². The van der Waals surface area contributed by atoms with Gasteiger partial charge in [-0.05, 0) is 24.3 Å². The van der Waals surface area contributed by atoms with E-state index in [2.05, 4.69) is 10.5 Å². The Kier molecular flexibility index (Phi) is 2.44. The molecule has 90 valence electrons.